The first-order valence-electron chi connectivity index (χ1n) is 5.38. The van der Waals surface area contributed by atoms with Gasteiger partial charge in [0.05, 0.1) is 6.61 Å². The highest BCUT2D eigenvalue weighted by atomic mass is 16.5. The highest BCUT2D eigenvalue weighted by molar-refractivity contribution is 5.80. The van der Waals surface area contributed by atoms with Crippen LogP contribution in [-0.4, -0.2) is 80.9 Å². The molecule has 0 fully saturated rings. The van der Waals surface area contributed by atoms with Crippen molar-refractivity contribution in [2.75, 3.05) is 54.0 Å². The van der Waals surface area contributed by atoms with E-state index < -0.39 is 5.97 Å². The molecule has 2 N–H and O–H groups in total. The lowest BCUT2D eigenvalue weighted by Gasteiger charge is -2.26. The molecule has 0 aromatic rings. The van der Waals surface area contributed by atoms with Gasteiger partial charge in [-0.3, -0.25) is 4.79 Å². The number of carbonyl (C=O) groups is 2. The lowest BCUT2D eigenvalue weighted by molar-refractivity contribution is -0.137. The molecule has 0 aliphatic heterocycles. The first kappa shape index (κ1) is 15.7. The number of carbonyl (C=O) groups excluding carboxylic acids is 1. The van der Waals surface area contributed by atoms with Crippen molar-refractivity contribution in [1.82, 2.24) is 15.1 Å². The van der Waals surface area contributed by atoms with Gasteiger partial charge in [0.25, 0.3) is 0 Å². The zero-order valence-corrected chi connectivity index (χ0v) is 10.6. The van der Waals surface area contributed by atoms with Crippen molar-refractivity contribution in [3.8, 4) is 0 Å². The fraction of sp³-hybridized carbons (Fsp3) is 0.800. The van der Waals surface area contributed by atoms with Crippen LogP contribution in [-0.2, 0) is 9.53 Å². The van der Waals surface area contributed by atoms with Gasteiger partial charge in [-0.25, -0.2) is 4.79 Å². The molecule has 0 saturated carbocycles. The summed E-state index contributed by atoms with van der Waals surface area (Å²) in [6, 6.07) is -0.306. The Balaban J connectivity index is 4.33. The number of ether oxygens (including phenoxy) is 1. The number of likely N-dealkylation sites (N-methyl/N-ethyl adjacent to an activating group) is 2. The maximum Gasteiger partial charge on any atom is 0.323 e. The van der Waals surface area contributed by atoms with E-state index in [0.717, 1.165) is 0 Å². The summed E-state index contributed by atoms with van der Waals surface area (Å²) in [5, 5.41) is 11.6. The predicted octanol–water partition coefficient (Wildman–Crippen LogP) is -0.709. The molecular formula is C10H21N3O4. The molecule has 7 heteroatoms. The van der Waals surface area contributed by atoms with Crippen molar-refractivity contribution >= 4 is 12.0 Å². The number of hydrogen-bond acceptors (Lipinski definition) is 4. The van der Waals surface area contributed by atoms with Crippen LogP contribution in [0.25, 0.3) is 0 Å². The average Bonchev–Trinajstić information content (AvgIpc) is 2.29. The van der Waals surface area contributed by atoms with Gasteiger partial charge in [0.15, 0.2) is 0 Å². The molecule has 0 unspecified atom stereocenters. The Bertz CT molecular complexity index is 248. The standard InChI is InChI=1S/C10H21N3O4/c1-11-4-5-12(2)10(16)13(6-7-17-3)8-9(14)15/h11H,4-8H2,1-3H3,(H,14,15). The Morgan fingerprint density at radius 2 is 2.00 bits per heavy atom. The minimum atomic E-state index is -1.03. The highest BCUT2D eigenvalue weighted by Crippen LogP contribution is 1.97. The number of nitrogens with one attached hydrogen (secondary N) is 1. The third kappa shape index (κ3) is 6.75. The molecule has 0 spiro atoms. The second kappa shape index (κ2) is 8.77. The zero-order chi connectivity index (χ0) is 13.3. The molecule has 0 aromatic heterocycles. The fourth-order valence-corrected chi connectivity index (χ4v) is 1.22. The zero-order valence-electron chi connectivity index (χ0n) is 10.6. The number of carboxylic acids is 1. The number of amides is 2. The maximum absolute atomic E-state index is 11.9. The van der Waals surface area contributed by atoms with Gasteiger partial charge in [0.1, 0.15) is 6.54 Å². The lowest BCUT2D eigenvalue weighted by atomic mass is 10.4. The summed E-state index contributed by atoms with van der Waals surface area (Å²) in [6.45, 7) is 1.46. The SMILES string of the molecule is CNCCN(C)C(=O)N(CCOC)CC(=O)O. The summed E-state index contributed by atoms with van der Waals surface area (Å²) in [4.78, 5) is 25.3. The first-order valence-corrected chi connectivity index (χ1v) is 5.38. The number of carboxylic acid groups (broad SMARTS) is 1. The molecule has 0 aliphatic rings. The van der Waals surface area contributed by atoms with Gasteiger partial charge >= 0.3 is 12.0 Å². The van der Waals surface area contributed by atoms with E-state index in [-0.39, 0.29) is 19.1 Å². The van der Waals surface area contributed by atoms with Crippen LogP contribution in [0.3, 0.4) is 0 Å². The van der Waals surface area contributed by atoms with Gasteiger partial charge in [0, 0.05) is 33.8 Å². The second-order valence-corrected chi connectivity index (χ2v) is 3.62. The number of rotatable bonds is 8. The third-order valence-corrected chi connectivity index (χ3v) is 2.19. The van der Waals surface area contributed by atoms with Crippen molar-refractivity contribution in [2.24, 2.45) is 0 Å². The van der Waals surface area contributed by atoms with Crippen molar-refractivity contribution < 1.29 is 19.4 Å². The van der Waals surface area contributed by atoms with E-state index in [9.17, 15) is 9.59 Å². The first-order chi connectivity index (χ1) is 8.02. The average molecular weight is 247 g/mol. The molecular weight excluding hydrogens is 226 g/mol. The monoisotopic (exact) mass is 247 g/mol. The molecule has 7 nitrogen and oxygen atoms in total. The van der Waals surface area contributed by atoms with E-state index in [2.05, 4.69) is 5.32 Å². The van der Waals surface area contributed by atoms with Gasteiger partial charge < -0.3 is 25.0 Å². The highest BCUT2D eigenvalue weighted by Gasteiger charge is 2.19. The molecule has 0 atom stereocenters. The fourth-order valence-electron chi connectivity index (χ4n) is 1.22. The molecule has 2 amide bonds. The third-order valence-electron chi connectivity index (χ3n) is 2.19. The normalized spacial score (nSPS) is 10.1. The molecule has 17 heavy (non-hydrogen) atoms. The van der Waals surface area contributed by atoms with Gasteiger partial charge in [-0.15, -0.1) is 0 Å². The van der Waals surface area contributed by atoms with Crippen LogP contribution < -0.4 is 5.32 Å². The Hall–Kier alpha value is -1.34. The number of nitrogens with zero attached hydrogens (tertiary/aromatic N) is 2. The number of hydrogen-bond donors (Lipinski definition) is 2. The van der Waals surface area contributed by atoms with Crippen molar-refractivity contribution in [3.05, 3.63) is 0 Å². The van der Waals surface area contributed by atoms with Crippen LogP contribution in [0.4, 0.5) is 4.79 Å². The van der Waals surface area contributed by atoms with E-state index in [1.165, 1.54) is 16.9 Å². The summed E-state index contributed by atoms with van der Waals surface area (Å²) >= 11 is 0. The second-order valence-electron chi connectivity index (χ2n) is 3.62. The van der Waals surface area contributed by atoms with Gasteiger partial charge in [0.2, 0.25) is 0 Å². The molecule has 0 rings (SSSR count). The van der Waals surface area contributed by atoms with E-state index in [4.69, 9.17) is 9.84 Å². The molecule has 0 saturated heterocycles. The topological polar surface area (TPSA) is 82.1 Å². The van der Waals surface area contributed by atoms with E-state index in [0.29, 0.717) is 19.7 Å². The van der Waals surface area contributed by atoms with Gasteiger partial charge in [-0.1, -0.05) is 0 Å². The van der Waals surface area contributed by atoms with Gasteiger partial charge in [-0.2, -0.15) is 0 Å². The summed E-state index contributed by atoms with van der Waals surface area (Å²) in [5.41, 5.74) is 0. The summed E-state index contributed by atoms with van der Waals surface area (Å²) in [7, 11) is 4.94. The van der Waals surface area contributed by atoms with Crippen LogP contribution in [0, 0.1) is 0 Å². The minimum absolute atomic E-state index is 0.269. The van der Waals surface area contributed by atoms with E-state index in [1.54, 1.807) is 14.1 Å². The van der Waals surface area contributed by atoms with Crippen LogP contribution in [0.1, 0.15) is 0 Å². The van der Waals surface area contributed by atoms with Crippen molar-refractivity contribution in [2.45, 2.75) is 0 Å². The molecule has 0 aliphatic carbocycles. The van der Waals surface area contributed by atoms with E-state index in [1.807, 2.05) is 0 Å². The Morgan fingerprint density at radius 3 is 2.47 bits per heavy atom. The molecule has 0 radical (unpaired) electrons. The molecule has 0 heterocycles. The molecule has 0 aromatic carbocycles. The largest absolute Gasteiger partial charge is 0.480 e. The molecule has 0 bridgehead atoms. The van der Waals surface area contributed by atoms with Crippen LogP contribution in [0.5, 0.6) is 0 Å². The smallest absolute Gasteiger partial charge is 0.323 e. The Labute approximate surface area is 101 Å². The summed E-state index contributed by atoms with van der Waals surface area (Å²) < 4.78 is 4.85. The maximum atomic E-state index is 11.9. The summed E-state index contributed by atoms with van der Waals surface area (Å²) in [5.74, 6) is -1.03. The summed E-state index contributed by atoms with van der Waals surface area (Å²) in [6.07, 6.45) is 0. The number of aliphatic carboxylic acids is 1. The predicted molar refractivity (Wildman–Crippen MR) is 63.0 cm³/mol. The Morgan fingerprint density at radius 1 is 1.35 bits per heavy atom. The molecule has 100 valence electrons. The van der Waals surface area contributed by atoms with Crippen LogP contribution >= 0.6 is 0 Å². The van der Waals surface area contributed by atoms with Crippen molar-refractivity contribution in [1.29, 1.82) is 0 Å². The minimum Gasteiger partial charge on any atom is -0.480 e. The van der Waals surface area contributed by atoms with Crippen LogP contribution in [0.2, 0.25) is 0 Å². The number of methoxy groups -OCH3 is 1. The van der Waals surface area contributed by atoms with E-state index >= 15 is 0 Å². The van der Waals surface area contributed by atoms with Crippen molar-refractivity contribution in [3.63, 3.8) is 0 Å². The van der Waals surface area contributed by atoms with Gasteiger partial charge in [-0.05, 0) is 7.05 Å². The van der Waals surface area contributed by atoms with Crippen LogP contribution in [0.15, 0.2) is 0 Å². The quantitative estimate of drug-likeness (QED) is 0.592. The number of urea groups is 1. The Kier molecular flexibility index (Phi) is 8.08. The lowest BCUT2D eigenvalue weighted by Crippen LogP contribution is -2.46.